The zero-order valence-corrected chi connectivity index (χ0v) is 14.6. The molecule has 25 heavy (non-hydrogen) atoms. The fourth-order valence-corrected chi connectivity index (χ4v) is 3.27. The molecular weight excluding hydrogens is 312 g/mol. The lowest BCUT2D eigenvalue weighted by Crippen LogP contribution is -2.08. The number of esters is 1. The van der Waals surface area contributed by atoms with Crippen LogP contribution < -0.4 is 4.74 Å². The summed E-state index contributed by atoms with van der Waals surface area (Å²) in [6.07, 6.45) is 5.73. The van der Waals surface area contributed by atoms with E-state index in [4.69, 9.17) is 9.47 Å². The van der Waals surface area contributed by atoms with Gasteiger partial charge in [-0.15, -0.1) is 0 Å². The minimum Gasteiger partial charge on any atom is -0.489 e. The average Bonchev–Trinajstić information content (AvgIpc) is 2.68. The van der Waals surface area contributed by atoms with Crippen LogP contribution in [0.2, 0.25) is 0 Å². The van der Waals surface area contributed by atoms with Crippen LogP contribution >= 0.6 is 0 Å². The highest BCUT2D eigenvalue weighted by Gasteiger charge is 2.19. The molecule has 3 heteroatoms. The Bertz CT molecular complexity index is 707. The van der Waals surface area contributed by atoms with Gasteiger partial charge in [-0.25, -0.2) is 4.79 Å². The second-order valence-corrected chi connectivity index (χ2v) is 6.44. The summed E-state index contributed by atoms with van der Waals surface area (Å²) in [4.78, 5) is 11.3. The zero-order valence-electron chi connectivity index (χ0n) is 14.6. The Hall–Kier alpha value is -2.55. The third kappa shape index (κ3) is 4.96. The number of allylic oxidation sites excluding steroid dienone is 1. The van der Waals surface area contributed by atoms with E-state index in [0.29, 0.717) is 12.5 Å². The summed E-state index contributed by atoms with van der Waals surface area (Å²) in [5, 5.41) is 0. The van der Waals surface area contributed by atoms with E-state index in [9.17, 15) is 4.79 Å². The van der Waals surface area contributed by atoms with Crippen LogP contribution in [0.1, 0.15) is 42.7 Å². The van der Waals surface area contributed by atoms with Gasteiger partial charge < -0.3 is 9.47 Å². The molecule has 0 aliphatic heterocycles. The van der Waals surface area contributed by atoms with Crippen LogP contribution in [0.25, 0.3) is 0 Å². The molecular formula is C22H24O3. The van der Waals surface area contributed by atoms with Gasteiger partial charge in [0.25, 0.3) is 0 Å². The first-order chi connectivity index (χ1) is 12.2. The van der Waals surface area contributed by atoms with Gasteiger partial charge in [0.15, 0.2) is 0 Å². The van der Waals surface area contributed by atoms with Gasteiger partial charge in [0.05, 0.1) is 7.11 Å². The van der Waals surface area contributed by atoms with Gasteiger partial charge in [0, 0.05) is 6.08 Å². The monoisotopic (exact) mass is 336 g/mol. The summed E-state index contributed by atoms with van der Waals surface area (Å²) in [5.41, 5.74) is 3.72. The number of rotatable bonds is 5. The number of hydrogen-bond donors (Lipinski definition) is 0. The standard InChI is InChI=1S/C22H24O3/c1-24-22(23)15-17-7-9-19(10-8-17)20-11-13-21(14-12-20)25-16-18-5-3-2-4-6-18/h2-6,11-15,19H,7-10,16H2,1H3. The molecule has 0 radical (unpaired) electrons. The van der Waals surface area contributed by atoms with Crippen LogP contribution in [0, 0.1) is 0 Å². The van der Waals surface area contributed by atoms with Gasteiger partial charge >= 0.3 is 5.97 Å². The van der Waals surface area contributed by atoms with E-state index in [1.54, 1.807) is 6.08 Å². The van der Waals surface area contributed by atoms with E-state index in [1.165, 1.54) is 23.8 Å². The van der Waals surface area contributed by atoms with Crippen LogP contribution in [-0.2, 0) is 16.1 Å². The van der Waals surface area contributed by atoms with Crippen molar-refractivity contribution in [3.63, 3.8) is 0 Å². The molecule has 0 amide bonds. The summed E-state index contributed by atoms with van der Waals surface area (Å²) < 4.78 is 10.6. The Morgan fingerprint density at radius 1 is 1.04 bits per heavy atom. The van der Waals surface area contributed by atoms with Gasteiger partial charge in [-0.05, 0) is 54.9 Å². The third-order valence-corrected chi connectivity index (χ3v) is 4.75. The number of carbonyl (C=O) groups is 1. The first-order valence-electron chi connectivity index (χ1n) is 8.78. The lowest BCUT2D eigenvalue weighted by molar-refractivity contribution is -0.134. The highest BCUT2D eigenvalue weighted by Crippen LogP contribution is 2.36. The smallest absolute Gasteiger partial charge is 0.330 e. The highest BCUT2D eigenvalue weighted by molar-refractivity contribution is 5.82. The molecule has 3 nitrogen and oxygen atoms in total. The van der Waals surface area contributed by atoms with Gasteiger partial charge in [0.2, 0.25) is 0 Å². The average molecular weight is 336 g/mol. The van der Waals surface area contributed by atoms with Crippen molar-refractivity contribution >= 4 is 5.97 Å². The second kappa shape index (κ2) is 8.52. The molecule has 1 saturated carbocycles. The van der Waals surface area contributed by atoms with E-state index in [-0.39, 0.29) is 5.97 Å². The van der Waals surface area contributed by atoms with Gasteiger partial charge in [-0.1, -0.05) is 48.0 Å². The lowest BCUT2D eigenvalue weighted by atomic mass is 9.81. The predicted molar refractivity (Wildman–Crippen MR) is 98.5 cm³/mol. The Labute approximate surface area is 149 Å². The van der Waals surface area contributed by atoms with Crippen molar-refractivity contribution in [3.05, 3.63) is 77.4 Å². The van der Waals surface area contributed by atoms with Crippen molar-refractivity contribution in [2.75, 3.05) is 7.11 Å². The quantitative estimate of drug-likeness (QED) is 0.568. The summed E-state index contributed by atoms with van der Waals surface area (Å²) in [6.45, 7) is 0.589. The Kier molecular flexibility index (Phi) is 5.89. The summed E-state index contributed by atoms with van der Waals surface area (Å²) >= 11 is 0. The second-order valence-electron chi connectivity index (χ2n) is 6.44. The maximum atomic E-state index is 11.3. The first kappa shape index (κ1) is 17.3. The Balaban J connectivity index is 1.53. The van der Waals surface area contributed by atoms with E-state index in [2.05, 4.69) is 36.4 Å². The molecule has 2 aromatic carbocycles. The van der Waals surface area contributed by atoms with Crippen molar-refractivity contribution in [2.45, 2.75) is 38.2 Å². The van der Waals surface area contributed by atoms with Gasteiger partial charge in [0.1, 0.15) is 12.4 Å². The molecule has 0 unspecified atom stereocenters. The fourth-order valence-electron chi connectivity index (χ4n) is 3.27. The molecule has 0 bridgehead atoms. The molecule has 0 N–H and O–H groups in total. The number of ether oxygens (including phenoxy) is 2. The van der Waals surface area contributed by atoms with Gasteiger partial charge in [-0.3, -0.25) is 0 Å². The lowest BCUT2D eigenvalue weighted by Gasteiger charge is -2.24. The highest BCUT2D eigenvalue weighted by atomic mass is 16.5. The SMILES string of the molecule is COC(=O)C=C1CCC(c2ccc(OCc3ccccc3)cc2)CC1. The molecule has 1 fully saturated rings. The molecule has 0 saturated heterocycles. The Morgan fingerprint density at radius 3 is 2.36 bits per heavy atom. The van der Waals surface area contributed by atoms with Crippen LogP contribution in [0.5, 0.6) is 5.75 Å². The number of carbonyl (C=O) groups excluding carboxylic acids is 1. The maximum Gasteiger partial charge on any atom is 0.330 e. The largest absolute Gasteiger partial charge is 0.489 e. The van der Waals surface area contributed by atoms with E-state index in [1.807, 2.05) is 18.2 Å². The van der Waals surface area contributed by atoms with Crippen molar-refractivity contribution < 1.29 is 14.3 Å². The first-order valence-corrected chi connectivity index (χ1v) is 8.78. The predicted octanol–water partition coefficient (Wildman–Crippen LogP) is 5.02. The topological polar surface area (TPSA) is 35.5 Å². The van der Waals surface area contributed by atoms with E-state index in [0.717, 1.165) is 31.4 Å². The van der Waals surface area contributed by atoms with Crippen LogP contribution in [-0.4, -0.2) is 13.1 Å². The van der Waals surface area contributed by atoms with Crippen molar-refractivity contribution in [1.29, 1.82) is 0 Å². The number of hydrogen-bond acceptors (Lipinski definition) is 3. The van der Waals surface area contributed by atoms with E-state index >= 15 is 0 Å². The molecule has 1 aliphatic carbocycles. The van der Waals surface area contributed by atoms with Crippen LogP contribution in [0.3, 0.4) is 0 Å². The minimum absolute atomic E-state index is 0.242. The Morgan fingerprint density at radius 2 is 1.72 bits per heavy atom. The number of benzene rings is 2. The minimum atomic E-state index is -0.242. The molecule has 0 spiro atoms. The van der Waals surface area contributed by atoms with Crippen LogP contribution in [0.15, 0.2) is 66.2 Å². The summed E-state index contributed by atoms with van der Waals surface area (Å²) in [5.74, 6) is 1.21. The summed E-state index contributed by atoms with van der Waals surface area (Å²) in [6, 6.07) is 18.6. The number of methoxy groups -OCH3 is 1. The zero-order chi connectivity index (χ0) is 17.5. The normalized spacial score (nSPS) is 17.0. The summed E-state index contributed by atoms with van der Waals surface area (Å²) in [7, 11) is 1.42. The molecule has 3 rings (SSSR count). The van der Waals surface area contributed by atoms with Crippen LogP contribution in [0.4, 0.5) is 0 Å². The fraction of sp³-hybridized carbons (Fsp3) is 0.318. The maximum absolute atomic E-state index is 11.3. The molecule has 0 aromatic heterocycles. The van der Waals surface area contributed by atoms with Gasteiger partial charge in [-0.2, -0.15) is 0 Å². The van der Waals surface area contributed by atoms with E-state index < -0.39 is 0 Å². The molecule has 130 valence electrons. The molecule has 0 atom stereocenters. The molecule has 0 heterocycles. The molecule has 2 aromatic rings. The van der Waals surface area contributed by atoms with Crippen molar-refractivity contribution in [3.8, 4) is 5.75 Å². The van der Waals surface area contributed by atoms with Crippen molar-refractivity contribution in [2.24, 2.45) is 0 Å². The van der Waals surface area contributed by atoms with Crippen molar-refractivity contribution in [1.82, 2.24) is 0 Å². The third-order valence-electron chi connectivity index (χ3n) is 4.75. The molecule has 1 aliphatic rings.